The number of aromatic nitrogens is 3. The van der Waals surface area contributed by atoms with E-state index in [0.29, 0.717) is 27.4 Å². The summed E-state index contributed by atoms with van der Waals surface area (Å²) >= 11 is 11.8. The zero-order valence-electron chi connectivity index (χ0n) is 10.9. The molecule has 0 aliphatic carbocycles. The molecule has 22 heavy (non-hydrogen) atoms. The third-order valence-electron chi connectivity index (χ3n) is 3.15. The van der Waals surface area contributed by atoms with Crippen molar-refractivity contribution >= 4 is 34.2 Å². The normalized spacial score (nSPS) is 12.0. The Morgan fingerprint density at radius 3 is 2.64 bits per heavy atom. The van der Waals surface area contributed by atoms with Gasteiger partial charge in [0, 0.05) is 11.8 Å². The highest BCUT2D eigenvalue weighted by Crippen LogP contribution is 2.32. The standard InChI is InChI=1S/C14H8Cl2F3N3/c15-9-4-12(16)20-5-8(9)13-21-10-2-1-7(3-11(10)22-13)14(18,19)6-17/h1-5H,6H2,(H,21,22). The lowest BCUT2D eigenvalue weighted by Gasteiger charge is -2.11. The molecule has 8 heteroatoms. The molecule has 0 saturated carbocycles. The first-order chi connectivity index (χ1) is 10.4. The number of aromatic amines is 1. The molecule has 2 heterocycles. The molecule has 0 amide bonds. The molecule has 3 rings (SSSR count). The zero-order chi connectivity index (χ0) is 15.9. The Labute approximate surface area is 133 Å². The minimum atomic E-state index is -3.53. The molecule has 3 aromatic rings. The summed E-state index contributed by atoms with van der Waals surface area (Å²) in [6.07, 6.45) is 1.43. The number of rotatable bonds is 3. The van der Waals surface area contributed by atoms with Gasteiger partial charge in [0.1, 0.15) is 11.0 Å². The lowest BCUT2D eigenvalue weighted by Crippen LogP contribution is -2.15. The predicted octanol–water partition coefficient (Wildman–Crippen LogP) is 4.99. The van der Waals surface area contributed by atoms with E-state index >= 15 is 0 Å². The summed E-state index contributed by atoms with van der Waals surface area (Å²) in [5, 5.41) is 0.558. The SMILES string of the molecule is FCC(F)(F)c1ccc2nc(-c3cnc(Cl)cc3Cl)[nH]c2c1. The Morgan fingerprint density at radius 1 is 1.18 bits per heavy atom. The van der Waals surface area contributed by atoms with E-state index in [2.05, 4.69) is 15.0 Å². The molecule has 0 spiro atoms. The first kappa shape index (κ1) is 15.1. The predicted molar refractivity (Wildman–Crippen MR) is 79.2 cm³/mol. The van der Waals surface area contributed by atoms with Crippen LogP contribution in [0.15, 0.2) is 30.5 Å². The molecule has 0 bridgehead atoms. The van der Waals surface area contributed by atoms with Crippen LogP contribution in [0.3, 0.4) is 0 Å². The van der Waals surface area contributed by atoms with Gasteiger partial charge in [-0.25, -0.2) is 14.4 Å². The maximum Gasteiger partial charge on any atom is 0.301 e. The Balaban J connectivity index is 2.10. The topological polar surface area (TPSA) is 41.6 Å². The van der Waals surface area contributed by atoms with Gasteiger partial charge >= 0.3 is 5.92 Å². The monoisotopic (exact) mass is 345 g/mol. The van der Waals surface area contributed by atoms with Gasteiger partial charge in [0.05, 0.1) is 21.6 Å². The number of hydrogen-bond acceptors (Lipinski definition) is 2. The first-order valence-corrected chi connectivity index (χ1v) is 6.92. The molecule has 2 aromatic heterocycles. The summed E-state index contributed by atoms with van der Waals surface area (Å²) in [6, 6.07) is 5.16. The minimum absolute atomic E-state index is 0.231. The number of H-pyrrole nitrogens is 1. The summed E-state index contributed by atoms with van der Waals surface area (Å²) < 4.78 is 39.2. The van der Waals surface area contributed by atoms with Crippen LogP contribution in [0.1, 0.15) is 5.56 Å². The van der Waals surface area contributed by atoms with Crippen molar-refractivity contribution in [2.45, 2.75) is 5.92 Å². The zero-order valence-corrected chi connectivity index (χ0v) is 12.4. The summed E-state index contributed by atoms with van der Waals surface area (Å²) in [7, 11) is 0. The summed E-state index contributed by atoms with van der Waals surface area (Å²) in [6.45, 7) is -1.76. The van der Waals surface area contributed by atoms with E-state index in [4.69, 9.17) is 23.2 Å². The Kier molecular flexibility index (Phi) is 3.74. The van der Waals surface area contributed by atoms with Gasteiger partial charge in [-0.2, -0.15) is 8.78 Å². The lowest BCUT2D eigenvalue weighted by molar-refractivity contribution is -0.0279. The molecular formula is C14H8Cl2F3N3. The number of nitrogens with zero attached hydrogens (tertiary/aromatic N) is 2. The van der Waals surface area contributed by atoms with Crippen LogP contribution in [-0.4, -0.2) is 21.6 Å². The molecule has 0 aliphatic heterocycles. The number of pyridine rings is 1. The van der Waals surface area contributed by atoms with Crippen LogP contribution < -0.4 is 0 Å². The second kappa shape index (κ2) is 5.44. The maximum atomic E-state index is 13.4. The highest BCUT2D eigenvalue weighted by molar-refractivity contribution is 6.35. The van der Waals surface area contributed by atoms with Crippen molar-refractivity contribution in [1.82, 2.24) is 15.0 Å². The molecule has 0 atom stereocenters. The van der Waals surface area contributed by atoms with Crippen molar-refractivity contribution in [3.8, 4) is 11.4 Å². The van der Waals surface area contributed by atoms with Crippen LogP contribution >= 0.6 is 23.2 Å². The Hall–Kier alpha value is -1.79. The number of fused-ring (bicyclic) bond motifs is 1. The van der Waals surface area contributed by atoms with Crippen LogP contribution in [-0.2, 0) is 5.92 Å². The number of imidazole rings is 1. The molecule has 0 fully saturated rings. The van der Waals surface area contributed by atoms with Gasteiger partial charge in [-0.1, -0.05) is 29.3 Å². The van der Waals surface area contributed by atoms with Crippen molar-refractivity contribution in [3.05, 3.63) is 46.2 Å². The van der Waals surface area contributed by atoms with E-state index in [9.17, 15) is 13.2 Å². The fourth-order valence-electron chi connectivity index (χ4n) is 2.02. The van der Waals surface area contributed by atoms with Gasteiger partial charge in [0.25, 0.3) is 0 Å². The number of nitrogens with one attached hydrogen (secondary N) is 1. The Bertz CT molecular complexity index is 848. The molecule has 0 aliphatic rings. The van der Waals surface area contributed by atoms with Gasteiger partial charge in [-0.3, -0.25) is 0 Å². The first-order valence-electron chi connectivity index (χ1n) is 6.16. The number of alkyl halides is 3. The molecule has 0 radical (unpaired) electrons. The molecule has 1 N–H and O–H groups in total. The fourth-order valence-corrected chi connectivity index (χ4v) is 2.48. The fraction of sp³-hybridized carbons (Fsp3) is 0.143. The molecule has 114 valence electrons. The third kappa shape index (κ3) is 2.64. The van der Waals surface area contributed by atoms with E-state index in [1.807, 2.05) is 0 Å². The third-order valence-corrected chi connectivity index (χ3v) is 3.67. The number of hydrogen-bond donors (Lipinski definition) is 1. The van der Waals surface area contributed by atoms with Crippen LogP contribution in [0.2, 0.25) is 10.2 Å². The van der Waals surface area contributed by atoms with Crippen LogP contribution in [0.25, 0.3) is 22.4 Å². The van der Waals surface area contributed by atoms with Gasteiger partial charge in [-0.15, -0.1) is 0 Å². The Morgan fingerprint density at radius 2 is 1.95 bits per heavy atom. The number of benzene rings is 1. The van der Waals surface area contributed by atoms with Gasteiger partial charge in [-0.05, 0) is 18.2 Å². The number of halogens is 5. The van der Waals surface area contributed by atoms with E-state index in [1.54, 1.807) is 0 Å². The molecule has 0 unspecified atom stereocenters. The molecule has 3 nitrogen and oxygen atoms in total. The second-order valence-electron chi connectivity index (χ2n) is 4.64. The maximum absolute atomic E-state index is 13.4. The highest BCUT2D eigenvalue weighted by atomic mass is 35.5. The van der Waals surface area contributed by atoms with E-state index in [-0.39, 0.29) is 5.15 Å². The van der Waals surface area contributed by atoms with Crippen LogP contribution in [0.5, 0.6) is 0 Å². The van der Waals surface area contributed by atoms with Crippen molar-refractivity contribution in [3.63, 3.8) is 0 Å². The average molecular weight is 346 g/mol. The second-order valence-corrected chi connectivity index (χ2v) is 5.44. The quantitative estimate of drug-likeness (QED) is 0.679. The van der Waals surface area contributed by atoms with E-state index in [0.717, 1.165) is 6.07 Å². The highest BCUT2D eigenvalue weighted by Gasteiger charge is 2.31. The van der Waals surface area contributed by atoms with Crippen molar-refractivity contribution in [1.29, 1.82) is 0 Å². The van der Waals surface area contributed by atoms with Gasteiger partial charge in [0.15, 0.2) is 6.67 Å². The lowest BCUT2D eigenvalue weighted by atomic mass is 10.1. The van der Waals surface area contributed by atoms with Crippen molar-refractivity contribution in [2.24, 2.45) is 0 Å². The summed E-state index contributed by atoms with van der Waals surface area (Å²) in [5.74, 6) is -3.16. The van der Waals surface area contributed by atoms with Gasteiger partial charge in [0.2, 0.25) is 0 Å². The van der Waals surface area contributed by atoms with Crippen molar-refractivity contribution in [2.75, 3.05) is 6.67 Å². The van der Waals surface area contributed by atoms with E-state index in [1.165, 1.54) is 24.4 Å². The smallest absolute Gasteiger partial charge is 0.301 e. The molecule has 0 saturated heterocycles. The van der Waals surface area contributed by atoms with Crippen LogP contribution in [0, 0.1) is 0 Å². The molecule has 1 aromatic carbocycles. The minimum Gasteiger partial charge on any atom is -0.338 e. The van der Waals surface area contributed by atoms with Gasteiger partial charge < -0.3 is 4.98 Å². The molecular weight excluding hydrogens is 338 g/mol. The summed E-state index contributed by atoms with van der Waals surface area (Å²) in [5.41, 5.74) is 0.880. The van der Waals surface area contributed by atoms with Crippen molar-refractivity contribution < 1.29 is 13.2 Å². The van der Waals surface area contributed by atoms with E-state index < -0.39 is 18.2 Å². The largest absolute Gasteiger partial charge is 0.338 e. The summed E-state index contributed by atoms with van der Waals surface area (Å²) in [4.78, 5) is 11.0. The van der Waals surface area contributed by atoms with Crippen LogP contribution in [0.4, 0.5) is 13.2 Å². The average Bonchev–Trinajstić information content (AvgIpc) is 2.89.